The highest BCUT2D eigenvalue weighted by atomic mass is 32.1. The fourth-order valence-electron chi connectivity index (χ4n) is 2.17. The number of rotatable bonds is 8. The van der Waals surface area contributed by atoms with Gasteiger partial charge in [-0.1, -0.05) is 17.7 Å². The molecule has 2 heterocycles. The lowest BCUT2D eigenvalue weighted by Gasteiger charge is -2.05. The zero-order valence-corrected chi connectivity index (χ0v) is 15.5. The van der Waals surface area contributed by atoms with Crippen molar-refractivity contribution < 1.29 is 18.7 Å². The minimum absolute atomic E-state index is 0.133. The van der Waals surface area contributed by atoms with Crippen LogP contribution in [0.1, 0.15) is 26.8 Å². The molecule has 1 aromatic carbocycles. The summed E-state index contributed by atoms with van der Waals surface area (Å²) in [5.41, 5.74) is 1.42. The Morgan fingerprint density at radius 1 is 1.19 bits per heavy atom. The third-order valence-corrected chi connectivity index (χ3v) is 4.44. The highest BCUT2D eigenvalue weighted by Gasteiger charge is 2.12. The van der Waals surface area contributed by atoms with E-state index in [0.29, 0.717) is 10.8 Å². The van der Waals surface area contributed by atoms with Gasteiger partial charge in [0.05, 0.1) is 19.4 Å². The molecule has 0 radical (unpaired) electrons. The molecule has 27 heavy (non-hydrogen) atoms. The van der Waals surface area contributed by atoms with Crippen LogP contribution in [0.2, 0.25) is 0 Å². The van der Waals surface area contributed by atoms with E-state index in [4.69, 9.17) is 9.15 Å². The van der Waals surface area contributed by atoms with Crippen LogP contribution in [0.5, 0.6) is 5.75 Å². The maximum atomic E-state index is 12.1. The van der Waals surface area contributed by atoms with Crippen molar-refractivity contribution in [1.29, 1.82) is 0 Å². The van der Waals surface area contributed by atoms with Crippen molar-refractivity contribution in [2.45, 2.75) is 20.1 Å². The number of nitrogens with zero attached hydrogens (tertiary/aromatic N) is 1. The first kappa shape index (κ1) is 18.7. The summed E-state index contributed by atoms with van der Waals surface area (Å²) in [7, 11) is 0. The van der Waals surface area contributed by atoms with Gasteiger partial charge in [-0.15, -0.1) is 11.3 Å². The lowest BCUT2D eigenvalue weighted by molar-refractivity contribution is -0.120. The number of amides is 2. The number of ether oxygens (including phenoxy) is 1. The maximum Gasteiger partial charge on any atom is 0.271 e. The van der Waals surface area contributed by atoms with Gasteiger partial charge in [0.25, 0.3) is 5.91 Å². The zero-order valence-electron chi connectivity index (χ0n) is 14.7. The molecular formula is C19H19N3O4S. The average molecular weight is 385 g/mol. The monoisotopic (exact) mass is 385 g/mol. The van der Waals surface area contributed by atoms with Crippen LogP contribution < -0.4 is 15.4 Å². The Bertz CT molecular complexity index is 888. The number of carbonyl (C=O) groups is 2. The van der Waals surface area contributed by atoms with E-state index in [1.165, 1.54) is 17.6 Å². The van der Waals surface area contributed by atoms with Crippen LogP contribution in [0.3, 0.4) is 0 Å². The van der Waals surface area contributed by atoms with Crippen LogP contribution in [-0.2, 0) is 17.9 Å². The van der Waals surface area contributed by atoms with E-state index in [0.717, 1.165) is 11.3 Å². The van der Waals surface area contributed by atoms with E-state index < -0.39 is 5.91 Å². The molecule has 0 aliphatic heterocycles. The van der Waals surface area contributed by atoms with Gasteiger partial charge in [0.1, 0.15) is 28.8 Å². The van der Waals surface area contributed by atoms with Crippen molar-refractivity contribution in [3.05, 3.63) is 70.1 Å². The Labute approximate surface area is 160 Å². The number of hydrogen-bond acceptors (Lipinski definition) is 6. The summed E-state index contributed by atoms with van der Waals surface area (Å²) in [6, 6.07) is 11.2. The second-order valence-corrected chi connectivity index (χ2v) is 6.71. The van der Waals surface area contributed by atoms with Gasteiger partial charge in [0, 0.05) is 5.38 Å². The lowest BCUT2D eigenvalue weighted by atomic mass is 10.2. The molecule has 0 unspecified atom stereocenters. The van der Waals surface area contributed by atoms with Crippen molar-refractivity contribution in [2.75, 3.05) is 6.54 Å². The summed E-state index contributed by atoms with van der Waals surface area (Å²) in [6.07, 6.45) is 1.53. The molecule has 8 heteroatoms. The van der Waals surface area contributed by atoms with Crippen LogP contribution in [-0.4, -0.2) is 23.3 Å². The number of hydrogen-bond donors (Lipinski definition) is 2. The van der Waals surface area contributed by atoms with E-state index in [1.807, 2.05) is 31.2 Å². The highest BCUT2D eigenvalue weighted by molar-refractivity contribution is 7.09. The molecule has 0 fully saturated rings. The summed E-state index contributed by atoms with van der Waals surface area (Å²) in [5, 5.41) is 7.52. The Morgan fingerprint density at radius 3 is 2.74 bits per heavy atom. The molecule has 3 aromatic rings. The standard InChI is InChI=1S/C19H19N3O4S/c1-13-4-6-14(7-5-13)26-11-18-22-16(12-27-18)19(24)21-10-17(23)20-9-15-3-2-8-25-15/h2-8,12H,9-11H2,1H3,(H,20,23)(H,21,24). The minimum atomic E-state index is -0.402. The smallest absolute Gasteiger partial charge is 0.271 e. The topological polar surface area (TPSA) is 93.5 Å². The molecule has 0 atom stereocenters. The molecular weight excluding hydrogens is 366 g/mol. The Morgan fingerprint density at radius 2 is 2.00 bits per heavy atom. The number of aromatic nitrogens is 1. The van der Waals surface area contributed by atoms with Crippen molar-refractivity contribution in [1.82, 2.24) is 15.6 Å². The minimum Gasteiger partial charge on any atom is -0.486 e. The molecule has 0 aliphatic rings. The van der Waals surface area contributed by atoms with Gasteiger partial charge in [-0.3, -0.25) is 9.59 Å². The number of carbonyl (C=O) groups excluding carboxylic acids is 2. The Kier molecular flexibility index (Phi) is 6.22. The second kappa shape index (κ2) is 9.00. The molecule has 3 rings (SSSR count). The van der Waals surface area contributed by atoms with E-state index in [2.05, 4.69) is 15.6 Å². The molecule has 7 nitrogen and oxygen atoms in total. The molecule has 140 valence electrons. The van der Waals surface area contributed by atoms with Gasteiger partial charge in [0.15, 0.2) is 0 Å². The first-order valence-electron chi connectivity index (χ1n) is 8.31. The van der Waals surface area contributed by atoms with Gasteiger partial charge in [-0.25, -0.2) is 4.98 Å². The van der Waals surface area contributed by atoms with Gasteiger partial charge >= 0.3 is 0 Å². The number of furan rings is 1. The maximum absolute atomic E-state index is 12.1. The van der Waals surface area contributed by atoms with Crippen molar-refractivity contribution in [3.63, 3.8) is 0 Å². The van der Waals surface area contributed by atoms with Gasteiger partial charge < -0.3 is 19.8 Å². The highest BCUT2D eigenvalue weighted by Crippen LogP contribution is 2.16. The van der Waals surface area contributed by atoms with Crippen molar-refractivity contribution in [3.8, 4) is 5.75 Å². The van der Waals surface area contributed by atoms with E-state index in [1.54, 1.807) is 17.5 Å². The molecule has 0 spiro atoms. The number of thiazole rings is 1. The molecule has 0 aliphatic carbocycles. The second-order valence-electron chi connectivity index (χ2n) is 5.77. The molecule has 2 amide bonds. The van der Waals surface area contributed by atoms with Gasteiger partial charge in [-0.05, 0) is 31.2 Å². The number of nitrogens with one attached hydrogen (secondary N) is 2. The van der Waals surface area contributed by atoms with Crippen LogP contribution in [0.25, 0.3) is 0 Å². The SMILES string of the molecule is Cc1ccc(OCc2nc(C(=O)NCC(=O)NCc3ccco3)cs2)cc1. The third-order valence-electron chi connectivity index (χ3n) is 3.62. The lowest BCUT2D eigenvalue weighted by Crippen LogP contribution is -2.36. The summed E-state index contributed by atoms with van der Waals surface area (Å²) < 4.78 is 10.8. The number of benzene rings is 1. The quantitative estimate of drug-likeness (QED) is 0.622. The Balaban J connectivity index is 1.42. The number of aryl methyl sites for hydroxylation is 1. The molecule has 0 saturated carbocycles. The van der Waals surface area contributed by atoms with Gasteiger partial charge in [-0.2, -0.15) is 0 Å². The fourth-order valence-corrected chi connectivity index (χ4v) is 2.86. The summed E-state index contributed by atoms with van der Waals surface area (Å²) in [5.74, 6) is 0.682. The molecule has 2 N–H and O–H groups in total. The first-order valence-corrected chi connectivity index (χ1v) is 9.19. The van der Waals surface area contributed by atoms with E-state index in [9.17, 15) is 9.59 Å². The molecule has 0 saturated heterocycles. The van der Waals surface area contributed by atoms with E-state index in [-0.39, 0.29) is 31.3 Å². The van der Waals surface area contributed by atoms with Crippen LogP contribution in [0.15, 0.2) is 52.5 Å². The third kappa shape index (κ3) is 5.68. The summed E-state index contributed by atoms with van der Waals surface area (Å²) in [4.78, 5) is 28.1. The van der Waals surface area contributed by atoms with Crippen LogP contribution in [0.4, 0.5) is 0 Å². The summed E-state index contributed by atoms with van der Waals surface area (Å²) in [6.45, 7) is 2.43. The van der Waals surface area contributed by atoms with Gasteiger partial charge in [0.2, 0.25) is 5.91 Å². The van der Waals surface area contributed by atoms with Crippen molar-refractivity contribution in [2.24, 2.45) is 0 Å². The van der Waals surface area contributed by atoms with Crippen LogP contribution in [0, 0.1) is 6.92 Å². The van der Waals surface area contributed by atoms with Crippen LogP contribution >= 0.6 is 11.3 Å². The largest absolute Gasteiger partial charge is 0.486 e. The molecule has 0 bridgehead atoms. The predicted molar refractivity (Wildman–Crippen MR) is 101 cm³/mol. The fraction of sp³-hybridized carbons (Fsp3) is 0.211. The average Bonchev–Trinajstić information content (AvgIpc) is 3.36. The van der Waals surface area contributed by atoms with Crippen molar-refractivity contribution >= 4 is 23.2 Å². The summed E-state index contributed by atoms with van der Waals surface area (Å²) >= 11 is 1.33. The predicted octanol–water partition coefficient (Wildman–Crippen LogP) is 2.67. The normalized spacial score (nSPS) is 10.4. The zero-order chi connectivity index (χ0) is 19.1. The molecule has 2 aromatic heterocycles. The Hall–Kier alpha value is -3.13. The van der Waals surface area contributed by atoms with E-state index >= 15 is 0 Å². The first-order chi connectivity index (χ1) is 13.1.